The topological polar surface area (TPSA) is 49.3 Å². The summed E-state index contributed by atoms with van der Waals surface area (Å²) >= 11 is 5.96. The van der Waals surface area contributed by atoms with E-state index in [9.17, 15) is 9.90 Å². The van der Waals surface area contributed by atoms with E-state index in [1.807, 2.05) is 12.1 Å². The number of hydrogen-bond donors (Lipinski definition) is 2. The number of carboxylic acid groups (broad SMARTS) is 1. The SMILES string of the molecule is CC1CCCC(Nc2cccc(Cl)c2)(C(=O)O)CC1. The zero-order valence-corrected chi connectivity index (χ0v) is 11.9. The highest BCUT2D eigenvalue weighted by molar-refractivity contribution is 6.30. The van der Waals surface area contributed by atoms with Crippen molar-refractivity contribution in [3.05, 3.63) is 29.3 Å². The molecule has 3 nitrogen and oxygen atoms in total. The molecule has 0 saturated heterocycles. The number of carbonyl (C=O) groups is 1. The maximum absolute atomic E-state index is 11.7. The van der Waals surface area contributed by atoms with Crippen LogP contribution in [0.2, 0.25) is 5.02 Å². The van der Waals surface area contributed by atoms with Crippen LogP contribution in [0.15, 0.2) is 24.3 Å². The second-order valence-corrected chi connectivity index (χ2v) is 6.00. The maximum Gasteiger partial charge on any atom is 0.329 e. The first kappa shape index (κ1) is 14.2. The molecule has 0 spiro atoms. The minimum absolute atomic E-state index is 0.599. The van der Waals surface area contributed by atoms with E-state index in [1.54, 1.807) is 12.1 Å². The molecule has 104 valence electrons. The number of benzene rings is 1. The second kappa shape index (κ2) is 5.83. The predicted molar refractivity (Wildman–Crippen MR) is 77.7 cm³/mol. The monoisotopic (exact) mass is 281 g/mol. The first-order chi connectivity index (χ1) is 9.02. The highest BCUT2D eigenvalue weighted by Crippen LogP contribution is 2.33. The van der Waals surface area contributed by atoms with E-state index in [0.29, 0.717) is 23.8 Å². The highest BCUT2D eigenvalue weighted by atomic mass is 35.5. The summed E-state index contributed by atoms with van der Waals surface area (Å²) in [5.74, 6) is -0.163. The number of rotatable bonds is 3. The standard InChI is InChI=1S/C15H20ClNO2/c1-11-4-3-8-15(9-7-11,14(18)19)17-13-6-2-5-12(16)10-13/h2,5-6,10-11,17H,3-4,7-9H2,1H3,(H,18,19). The van der Waals surface area contributed by atoms with Gasteiger partial charge in [0, 0.05) is 10.7 Å². The molecule has 4 heteroatoms. The van der Waals surface area contributed by atoms with Gasteiger partial charge in [0.25, 0.3) is 0 Å². The minimum Gasteiger partial charge on any atom is -0.480 e. The molecule has 1 aromatic rings. The molecule has 2 unspecified atom stereocenters. The third kappa shape index (κ3) is 3.41. The van der Waals surface area contributed by atoms with Gasteiger partial charge in [0.1, 0.15) is 5.54 Å². The fourth-order valence-corrected chi connectivity index (χ4v) is 2.94. The Morgan fingerprint density at radius 3 is 2.89 bits per heavy atom. The van der Waals surface area contributed by atoms with Crippen molar-refractivity contribution >= 4 is 23.3 Å². The smallest absolute Gasteiger partial charge is 0.329 e. The normalized spacial score (nSPS) is 27.6. The Morgan fingerprint density at radius 1 is 1.42 bits per heavy atom. The lowest BCUT2D eigenvalue weighted by Crippen LogP contribution is -2.46. The van der Waals surface area contributed by atoms with Crippen molar-refractivity contribution in [1.29, 1.82) is 0 Å². The van der Waals surface area contributed by atoms with E-state index in [2.05, 4.69) is 12.2 Å². The number of halogens is 1. The molecule has 1 aliphatic rings. The van der Waals surface area contributed by atoms with Gasteiger partial charge in [-0.3, -0.25) is 0 Å². The predicted octanol–water partition coefficient (Wildman–Crippen LogP) is 4.18. The molecule has 0 aromatic heterocycles. The zero-order valence-electron chi connectivity index (χ0n) is 11.2. The lowest BCUT2D eigenvalue weighted by atomic mass is 9.89. The third-order valence-corrected chi connectivity index (χ3v) is 4.22. The summed E-state index contributed by atoms with van der Waals surface area (Å²) in [7, 11) is 0. The Morgan fingerprint density at radius 2 is 2.21 bits per heavy atom. The van der Waals surface area contributed by atoms with Crippen LogP contribution in [0.1, 0.15) is 39.0 Å². The van der Waals surface area contributed by atoms with E-state index < -0.39 is 11.5 Å². The van der Waals surface area contributed by atoms with E-state index >= 15 is 0 Å². The zero-order chi connectivity index (χ0) is 13.9. The van der Waals surface area contributed by atoms with Gasteiger partial charge in [-0.25, -0.2) is 4.79 Å². The molecule has 1 saturated carbocycles. The van der Waals surface area contributed by atoms with Gasteiger partial charge in [0.2, 0.25) is 0 Å². The van der Waals surface area contributed by atoms with Gasteiger partial charge in [0.05, 0.1) is 0 Å². The Labute approximate surface area is 119 Å². The molecule has 1 aromatic carbocycles. The van der Waals surface area contributed by atoms with Crippen molar-refractivity contribution in [1.82, 2.24) is 0 Å². The molecule has 2 rings (SSSR count). The van der Waals surface area contributed by atoms with Crippen molar-refractivity contribution in [2.75, 3.05) is 5.32 Å². The van der Waals surface area contributed by atoms with E-state index in [4.69, 9.17) is 11.6 Å². The van der Waals surface area contributed by atoms with Crippen LogP contribution in [-0.2, 0) is 4.79 Å². The first-order valence-electron chi connectivity index (χ1n) is 6.79. The minimum atomic E-state index is -0.852. The van der Waals surface area contributed by atoms with Gasteiger partial charge in [0.15, 0.2) is 0 Å². The number of carboxylic acids is 1. The lowest BCUT2D eigenvalue weighted by molar-refractivity contribution is -0.142. The van der Waals surface area contributed by atoms with Crippen molar-refractivity contribution in [3.8, 4) is 0 Å². The van der Waals surface area contributed by atoms with Crippen molar-refractivity contribution in [3.63, 3.8) is 0 Å². The summed E-state index contributed by atoms with van der Waals surface area (Å²) in [6.07, 6.45) is 4.32. The van der Waals surface area contributed by atoms with Gasteiger partial charge in [-0.15, -0.1) is 0 Å². The molecule has 2 N–H and O–H groups in total. The fraction of sp³-hybridized carbons (Fsp3) is 0.533. The van der Waals surface area contributed by atoms with Crippen LogP contribution in [0.4, 0.5) is 5.69 Å². The molecule has 2 atom stereocenters. The number of hydrogen-bond acceptors (Lipinski definition) is 2. The van der Waals surface area contributed by atoms with E-state index in [0.717, 1.165) is 24.9 Å². The van der Waals surface area contributed by atoms with Crippen LogP contribution >= 0.6 is 11.6 Å². The average molecular weight is 282 g/mol. The molecule has 19 heavy (non-hydrogen) atoms. The van der Waals surface area contributed by atoms with Crippen molar-refractivity contribution in [2.45, 2.75) is 44.6 Å². The molecular formula is C15H20ClNO2. The highest BCUT2D eigenvalue weighted by Gasteiger charge is 2.39. The van der Waals surface area contributed by atoms with Crippen LogP contribution in [0.25, 0.3) is 0 Å². The fourth-order valence-electron chi connectivity index (χ4n) is 2.75. The summed E-state index contributed by atoms with van der Waals surface area (Å²) in [5.41, 5.74) is -0.0698. The van der Waals surface area contributed by atoms with E-state index in [1.165, 1.54) is 0 Å². The van der Waals surface area contributed by atoms with E-state index in [-0.39, 0.29) is 0 Å². The summed E-state index contributed by atoms with van der Waals surface area (Å²) in [5, 5.41) is 13.5. The molecule has 0 heterocycles. The lowest BCUT2D eigenvalue weighted by Gasteiger charge is -2.30. The largest absolute Gasteiger partial charge is 0.480 e. The summed E-state index contributed by atoms with van der Waals surface area (Å²) < 4.78 is 0. The summed E-state index contributed by atoms with van der Waals surface area (Å²) in [6, 6.07) is 7.26. The van der Waals surface area contributed by atoms with Crippen molar-refractivity contribution in [2.24, 2.45) is 5.92 Å². The average Bonchev–Trinajstić information content (AvgIpc) is 2.53. The molecule has 0 amide bonds. The number of nitrogens with one attached hydrogen (secondary N) is 1. The van der Waals surface area contributed by atoms with Crippen LogP contribution in [0.5, 0.6) is 0 Å². The van der Waals surface area contributed by atoms with Crippen LogP contribution in [-0.4, -0.2) is 16.6 Å². The maximum atomic E-state index is 11.7. The first-order valence-corrected chi connectivity index (χ1v) is 7.17. The molecule has 0 bridgehead atoms. The number of anilines is 1. The van der Waals surface area contributed by atoms with Crippen molar-refractivity contribution < 1.29 is 9.90 Å². The van der Waals surface area contributed by atoms with Gasteiger partial charge < -0.3 is 10.4 Å². The van der Waals surface area contributed by atoms with Crippen LogP contribution in [0, 0.1) is 5.92 Å². The summed E-state index contributed by atoms with van der Waals surface area (Å²) in [4.78, 5) is 11.7. The number of aliphatic carboxylic acids is 1. The van der Waals surface area contributed by atoms with Crippen LogP contribution < -0.4 is 5.32 Å². The van der Waals surface area contributed by atoms with Crippen LogP contribution in [0.3, 0.4) is 0 Å². The quantitative estimate of drug-likeness (QED) is 0.817. The summed E-state index contributed by atoms with van der Waals surface area (Å²) in [6.45, 7) is 2.19. The van der Waals surface area contributed by atoms with Gasteiger partial charge in [-0.1, -0.05) is 37.4 Å². The Kier molecular flexibility index (Phi) is 4.35. The molecule has 0 aliphatic heterocycles. The third-order valence-electron chi connectivity index (χ3n) is 3.98. The van der Waals surface area contributed by atoms with Gasteiger partial charge in [-0.2, -0.15) is 0 Å². The Bertz CT molecular complexity index is 463. The Balaban J connectivity index is 2.22. The molecule has 1 aliphatic carbocycles. The van der Waals surface area contributed by atoms with Gasteiger partial charge >= 0.3 is 5.97 Å². The molecule has 1 fully saturated rings. The van der Waals surface area contributed by atoms with Gasteiger partial charge in [-0.05, 0) is 43.4 Å². The second-order valence-electron chi connectivity index (χ2n) is 5.56. The molecule has 0 radical (unpaired) electrons. The Hall–Kier alpha value is -1.22. The molecular weight excluding hydrogens is 262 g/mol.